The molecule has 158 valence electrons. The van der Waals surface area contributed by atoms with Crippen molar-refractivity contribution >= 4 is 0 Å². The second-order valence-corrected chi connectivity index (χ2v) is 9.82. The van der Waals surface area contributed by atoms with Crippen molar-refractivity contribution in [3.8, 4) is 12.3 Å². The van der Waals surface area contributed by atoms with Crippen LogP contribution in [-0.2, 0) is 11.8 Å². The largest absolute Gasteiger partial charge is 0.115 e. The molecule has 2 saturated carbocycles. The van der Waals surface area contributed by atoms with Crippen molar-refractivity contribution in [1.82, 2.24) is 0 Å². The van der Waals surface area contributed by atoms with Gasteiger partial charge in [-0.2, -0.15) is 0 Å². The summed E-state index contributed by atoms with van der Waals surface area (Å²) in [7, 11) is 0. The SMILES string of the molecule is C#CC=CC1(c2ccc(CC)cc2)CCC(C2CCC(CCCCC)CC2)CC1. The number of benzene rings is 1. The Hall–Kier alpha value is -1.48. The topological polar surface area (TPSA) is 0 Å². The molecule has 1 aromatic rings. The molecule has 0 nitrogen and oxygen atoms in total. The van der Waals surface area contributed by atoms with Crippen LogP contribution >= 0.6 is 0 Å². The van der Waals surface area contributed by atoms with Crippen LogP contribution in [0.2, 0.25) is 0 Å². The number of unbranched alkanes of at least 4 members (excludes halogenated alkanes) is 2. The zero-order chi connectivity index (χ0) is 20.5. The molecule has 3 rings (SSSR count). The molecule has 0 bridgehead atoms. The summed E-state index contributed by atoms with van der Waals surface area (Å²) in [5.74, 6) is 5.70. The highest BCUT2D eigenvalue weighted by atomic mass is 14.4. The number of hydrogen-bond donors (Lipinski definition) is 0. The number of allylic oxidation sites excluding steroid dienone is 2. The molecule has 2 aliphatic rings. The van der Waals surface area contributed by atoms with Gasteiger partial charge in [0.05, 0.1) is 0 Å². The summed E-state index contributed by atoms with van der Waals surface area (Å²) in [4.78, 5) is 0. The number of terminal acetylenes is 1. The minimum atomic E-state index is 0.159. The molecule has 0 heterocycles. The van der Waals surface area contributed by atoms with Gasteiger partial charge in [-0.25, -0.2) is 0 Å². The molecule has 2 fully saturated rings. The lowest BCUT2D eigenvalue weighted by Crippen LogP contribution is -2.33. The zero-order valence-corrected chi connectivity index (χ0v) is 19.0. The Balaban J connectivity index is 1.58. The van der Waals surface area contributed by atoms with Gasteiger partial charge in [-0.3, -0.25) is 0 Å². The van der Waals surface area contributed by atoms with Gasteiger partial charge in [-0.05, 0) is 79.9 Å². The van der Waals surface area contributed by atoms with Crippen LogP contribution in [0, 0.1) is 30.1 Å². The van der Waals surface area contributed by atoms with Crippen molar-refractivity contribution in [2.75, 3.05) is 0 Å². The van der Waals surface area contributed by atoms with Crippen molar-refractivity contribution in [2.24, 2.45) is 17.8 Å². The fourth-order valence-electron chi connectivity index (χ4n) is 6.09. The van der Waals surface area contributed by atoms with Crippen molar-refractivity contribution < 1.29 is 0 Å². The molecule has 0 spiro atoms. The molecule has 0 radical (unpaired) electrons. The molecule has 0 heteroatoms. The highest BCUT2D eigenvalue weighted by Gasteiger charge is 2.38. The second-order valence-electron chi connectivity index (χ2n) is 9.82. The van der Waals surface area contributed by atoms with Gasteiger partial charge in [0.1, 0.15) is 0 Å². The molecule has 29 heavy (non-hydrogen) atoms. The normalized spacial score (nSPS) is 30.3. The highest BCUT2D eigenvalue weighted by molar-refractivity contribution is 5.35. The quantitative estimate of drug-likeness (QED) is 0.309. The molecule has 2 aliphatic carbocycles. The first-order chi connectivity index (χ1) is 14.2. The Bertz CT molecular complexity index is 655. The third-order valence-corrected chi connectivity index (χ3v) is 8.13. The molecule has 0 N–H and O–H groups in total. The summed E-state index contributed by atoms with van der Waals surface area (Å²) in [6.07, 6.45) is 27.9. The minimum absolute atomic E-state index is 0.159. The summed E-state index contributed by atoms with van der Waals surface area (Å²) in [5, 5.41) is 0. The fraction of sp³-hybridized carbons (Fsp3) is 0.655. The third-order valence-electron chi connectivity index (χ3n) is 8.13. The lowest BCUT2D eigenvalue weighted by molar-refractivity contribution is 0.142. The maximum absolute atomic E-state index is 5.59. The van der Waals surface area contributed by atoms with Crippen molar-refractivity contribution in [3.05, 3.63) is 47.5 Å². The first-order valence-electron chi connectivity index (χ1n) is 12.4. The van der Waals surface area contributed by atoms with Gasteiger partial charge in [-0.1, -0.05) is 88.6 Å². The summed E-state index contributed by atoms with van der Waals surface area (Å²) in [6.45, 7) is 4.55. The average molecular weight is 391 g/mol. The van der Waals surface area contributed by atoms with Crippen LogP contribution in [0.1, 0.15) is 102 Å². The summed E-state index contributed by atoms with van der Waals surface area (Å²) < 4.78 is 0. The van der Waals surface area contributed by atoms with Crippen LogP contribution in [-0.4, -0.2) is 0 Å². The summed E-state index contributed by atoms with van der Waals surface area (Å²) in [6, 6.07) is 9.35. The van der Waals surface area contributed by atoms with Crippen LogP contribution < -0.4 is 0 Å². The van der Waals surface area contributed by atoms with E-state index in [1.807, 2.05) is 6.08 Å². The van der Waals surface area contributed by atoms with Gasteiger partial charge in [-0.15, -0.1) is 6.42 Å². The van der Waals surface area contributed by atoms with Crippen molar-refractivity contribution in [3.63, 3.8) is 0 Å². The zero-order valence-electron chi connectivity index (χ0n) is 19.0. The number of hydrogen-bond acceptors (Lipinski definition) is 0. The Kier molecular flexibility index (Phi) is 8.47. The molecule has 0 aromatic heterocycles. The van der Waals surface area contributed by atoms with Crippen LogP contribution in [0.25, 0.3) is 0 Å². The van der Waals surface area contributed by atoms with E-state index in [-0.39, 0.29) is 5.41 Å². The molecule has 0 amide bonds. The van der Waals surface area contributed by atoms with Crippen molar-refractivity contribution in [2.45, 2.75) is 103 Å². The van der Waals surface area contributed by atoms with Gasteiger partial charge < -0.3 is 0 Å². The monoisotopic (exact) mass is 390 g/mol. The molecule has 1 aromatic carbocycles. The van der Waals surface area contributed by atoms with Gasteiger partial charge in [0.25, 0.3) is 0 Å². The van der Waals surface area contributed by atoms with Gasteiger partial charge in [0.15, 0.2) is 0 Å². The Morgan fingerprint density at radius 3 is 2.17 bits per heavy atom. The van der Waals surface area contributed by atoms with Gasteiger partial charge in [0.2, 0.25) is 0 Å². The smallest absolute Gasteiger partial charge is 0.0141 e. The van der Waals surface area contributed by atoms with E-state index in [9.17, 15) is 0 Å². The van der Waals surface area contributed by atoms with Gasteiger partial charge in [0, 0.05) is 5.41 Å². The van der Waals surface area contributed by atoms with E-state index in [0.717, 1.165) is 24.2 Å². The number of rotatable bonds is 8. The predicted octanol–water partition coefficient (Wildman–Crippen LogP) is 8.25. The first-order valence-corrected chi connectivity index (χ1v) is 12.4. The average Bonchev–Trinajstić information content (AvgIpc) is 2.79. The maximum Gasteiger partial charge on any atom is 0.0141 e. The van der Waals surface area contributed by atoms with E-state index >= 15 is 0 Å². The van der Waals surface area contributed by atoms with Crippen LogP contribution in [0.4, 0.5) is 0 Å². The molecule has 0 unspecified atom stereocenters. The van der Waals surface area contributed by atoms with E-state index in [2.05, 4.69) is 50.1 Å². The van der Waals surface area contributed by atoms with Crippen LogP contribution in [0.3, 0.4) is 0 Å². The van der Waals surface area contributed by atoms with E-state index in [0.29, 0.717) is 0 Å². The summed E-state index contributed by atoms with van der Waals surface area (Å²) in [5.41, 5.74) is 3.06. The number of aryl methyl sites for hydroxylation is 1. The van der Waals surface area contributed by atoms with Gasteiger partial charge >= 0.3 is 0 Å². The Morgan fingerprint density at radius 2 is 1.59 bits per heavy atom. The molecular weight excluding hydrogens is 348 g/mol. The van der Waals surface area contributed by atoms with E-state index in [1.165, 1.54) is 88.2 Å². The second kappa shape index (κ2) is 11.1. The maximum atomic E-state index is 5.59. The molecular formula is C29H42. The lowest BCUT2D eigenvalue weighted by atomic mass is 9.62. The van der Waals surface area contributed by atoms with E-state index in [4.69, 9.17) is 6.42 Å². The molecule has 0 atom stereocenters. The van der Waals surface area contributed by atoms with E-state index < -0.39 is 0 Å². The Labute approximate surface area is 180 Å². The standard InChI is InChI=1S/C29H42/c1-4-7-9-10-25-11-15-26(16-12-25)27-19-22-29(23-20-27,21-8-5-2)28-17-13-24(6-3)14-18-28/h2,8,13-14,17-18,21,25-27H,4,6-7,9-12,15-16,19-20,22-23H2,1,3H3. The Morgan fingerprint density at radius 1 is 0.931 bits per heavy atom. The highest BCUT2D eigenvalue weighted by Crippen LogP contribution is 2.48. The summed E-state index contributed by atoms with van der Waals surface area (Å²) >= 11 is 0. The minimum Gasteiger partial charge on any atom is -0.115 e. The van der Waals surface area contributed by atoms with Crippen LogP contribution in [0.5, 0.6) is 0 Å². The fourth-order valence-corrected chi connectivity index (χ4v) is 6.09. The van der Waals surface area contributed by atoms with Crippen LogP contribution in [0.15, 0.2) is 36.4 Å². The molecule has 0 saturated heterocycles. The predicted molar refractivity (Wildman–Crippen MR) is 127 cm³/mol. The third kappa shape index (κ3) is 5.78. The molecule has 0 aliphatic heterocycles. The first kappa shape index (κ1) is 22.2. The van der Waals surface area contributed by atoms with E-state index in [1.54, 1.807) is 0 Å². The van der Waals surface area contributed by atoms with Crippen molar-refractivity contribution in [1.29, 1.82) is 0 Å². The lowest BCUT2D eigenvalue weighted by Gasteiger charge is -2.43.